The zero-order valence-electron chi connectivity index (χ0n) is 22.6. The van der Waals surface area contributed by atoms with Crippen molar-refractivity contribution in [3.05, 3.63) is 115 Å². The van der Waals surface area contributed by atoms with Crippen molar-refractivity contribution >= 4 is 42.5 Å². The molecule has 0 spiro atoms. The van der Waals surface area contributed by atoms with Crippen molar-refractivity contribution in [2.24, 2.45) is 0 Å². The molecule has 0 aliphatic rings. The smallest absolute Gasteiger partial charge is 0.147 e. The first-order valence-corrected chi connectivity index (χ1v) is 14.2. The van der Waals surface area contributed by atoms with Crippen molar-refractivity contribution in [3.8, 4) is 28.2 Å². The predicted octanol–water partition coefficient (Wildman–Crippen LogP) is 9.73. The molecule has 0 N–H and O–H groups in total. The molecule has 0 atom stereocenters. The Morgan fingerprint density at radius 1 is 0.769 bits per heavy atom. The summed E-state index contributed by atoms with van der Waals surface area (Å²) in [5, 5.41) is 2.58. The number of benzene rings is 4. The third kappa shape index (κ3) is 3.95. The van der Waals surface area contributed by atoms with Gasteiger partial charge < -0.3 is 0 Å². The van der Waals surface area contributed by atoms with E-state index in [1.807, 2.05) is 29.8 Å². The summed E-state index contributed by atoms with van der Waals surface area (Å²) in [6, 6.07) is 32.8. The normalized spacial score (nSPS) is 12.1. The maximum atomic E-state index is 5.23. The summed E-state index contributed by atoms with van der Waals surface area (Å²) in [6.07, 6.45) is 3.77. The van der Waals surface area contributed by atoms with Gasteiger partial charge in [0.15, 0.2) is 0 Å². The minimum atomic E-state index is -0.0860. The highest BCUT2D eigenvalue weighted by molar-refractivity contribution is 7.26. The number of thiophene rings is 1. The highest BCUT2D eigenvalue weighted by Gasteiger charge is 2.25. The van der Waals surface area contributed by atoms with E-state index in [0.717, 1.165) is 28.1 Å². The summed E-state index contributed by atoms with van der Waals surface area (Å²) in [6.45, 7) is 9.01. The maximum Gasteiger partial charge on any atom is 0.147 e. The summed E-state index contributed by atoms with van der Waals surface area (Å²) in [5.74, 6) is 0.949. The Morgan fingerprint density at radius 3 is 2.44 bits per heavy atom. The standard InChI is InChI=1S/C35H29N3S/c1-22-13-15-25-26-11-8-12-27(33(26)39-32(25)19-22)34-37-29-17-18-36-21-31(29)38(34)30-16-14-24(20-28(30)35(2,3)4)23-9-6-5-7-10-23/h5-21H,1-4H3. The molecular formula is C35H29N3S. The highest BCUT2D eigenvalue weighted by Crippen LogP contribution is 2.42. The second kappa shape index (κ2) is 8.89. The number of imidazole rings is 1. The van der Waals surface area contributed by atoms with Gasteiger partial charge in [-0.05, 0) is 64.9 Å². The average Bonchev–Trinajstić information content (AvgIpc) is 3.50. The molecule has 0 aliphatic heterocycles. The molecule has 4 aromatic carbocycles. The van der Waals surface area contributed by atoms with Crippen LogP contribution >= 0.6 is 11.3 Å². The van der Waals surface area contributed by atoms with Gasteiger partial charge in [-0.15, -0.1) is 11.3 Å². The molecule has 4 heteroatoms. The van der Waals surface area contributed by atoms with Crippen LogP contribution in [0.25, 0.3) is 59.4 Å². The monoisotopic (exact) mass is 523 g/mol. The van der Waals surface area contributed by atoms with E-state index in [9.17, 15) is 0 Å². The van der Waals surface area contributed by atoms with Gasteiger partial charge in [-0.25, -0.2) is 4.98 Å². The first kappa shape index (κ1) is 23.8. The zero-order chi connectivity index (χ0) is 26.7. The van der Waals surface area contributed by atoms with Crippen LogP contribution in [0, 0.1) is 6.92 Å². The van der Waals surface area contributed by atoms with Gasteiger partial charge in [-0.2, -0.15) is 0 Å². The van der Waals surface area contributed by atoms with Gasteiger partial charge in [0, 0.05) is 31.9 Å². The number of hydrogen-bond acceptors (Lipinski definition) is 3. The van der Waals surface area contributed by atoms with E-state index < -0.39 is 0 Å². The molecule has 3 nitrogen and oxygen atoms in total. The molecule has 0 saturated carbocycles. The summed E-state index contributed by atoms with van der Waals surface area (Å²) >= 11 is 1.85. The van der Waals surface area contributed by atoms with Crippen molar-refractivity contribution in [2.75, 3.05) is 0 Å². The number of nitrogens with zero attached hydrogens (tertiary/aromatic N) is 3. The fourth-order valence-electron chi connectivity index (χ4n) is 5.57. The van der Waals surface area contributed by atoms with Crippen LogP contribution in [0.1, 0.15) is 31.9 Å². The number of aromatic nitrogens is 3. The number of rotatable bonds is 3. The molecule has 3 heterocycles. The van der Waals surface area contributed by atoms with Crippen LogP contribution in [-0.2, 0) is 5.41 Å². The van der Waals surface area contributed by atoms with Gasteiger partial charge in [0.1, 0.15) is 5.82 Å². The lowest BCUT2D eigenvalue weighted by Gasteiger charge is -2.25. The van der Waals surface area contributed by atoms with Crippen LogP contribution < -0.4 is 0 Å². The van der Waals surface area contributed by atoms with E-state index >= 15 is 0 Å². The van der Waals surface area contributed by atoms with Gasteiger partial charge in [0.2, 0.25) is 0 Å². The summed E-state index contributed by atoms with van der Waals surface area (Å²) in [5.41, 5.74) is 9.15. The van der Waals surface area contributed by atoms with Gasteiger partial charge in [-0.3, -0.25) is 9.55 Å². The highest BCUT2D eigenvalue weighted by atomic mass is 32.1. The third-order valence-corrected chi connectivity index (χ3v) is 8.71. The summed E-state index contributed by atoms with van der Waals surface area (Å²) < 4.78 is 4.90. The molecule has 0 amide bonds. The Bertz CT molecular complexity index is 2010. The lowest BCUT2D eigenvalue weighted by Crippen LogP contribution is -2.16. The van der Waals surface area contributed by atoms with Crippen LogP contribution in [0.2, 0.25) is 0 Å². The Balaban J connectivity index is 1.54. The first-order chi connectivity index (χ1) is 18.9. The largest absolute Gasteiger partial charge is 0.290 e. The van der Waals surface area contributed by atoms with Gasteiger partial charge in [0.25, 0.3) is 0 Å². The van der Waals surface area contributed by atoms with E-state index in [0.29, 0.717) is 0 Å². The van der Waals surface area contributed by atoms with Crippen LogP contribution in [0.3, 0.4) is 0 Å². The maximum absolute atomic E-state index is 5.23. The molecule has 0 unspecified atom stereocenters. The lowest BCUT2D eigenvalue weighted by molar-refractivity contribution is 0.587. The number of hydrogen-bond donors (Lipinski definition) is 0. The molecular weight excluding hydrogens is 494 g/mol. The van der Waals surface area contributed by atoms with Gasteiger partial charge in [0.05, 0.1) is 22.9 Å². The Labute approximate surface area is 232 Å². The lowest BCUT2D eigenvalue weighted by atomic mass is 9.84. The predicted molar refractivity (Wildman–Crippen MR) is 166 cm³/mol. The SMILES string of the molecule is Cc1ccc2c(c1)sc1c(-c3nc4ccncc4n3-c3ccc(-c4ccccc4)cc3C(C)(C)C)cccc12. The molecule has 0 saturated heterocycles. The number of fused-ring (bicyclic) bond motifs is 4. The number of aryl methyl sites for hydroxylation is 1. The van der Waals surface area contributed by atoms with E-state index in [-0.39, 0.29) is 5.41 Å². The van der Waals surface area contributed by atoms with Gasteiger partial charge in [-0.1, -0.05) is 81.4 Å². The second-order valence-electron chi connectivity index (χ2n) is 11.3. The molecule has 3 aromatic heterocycles. The fourth-order valence-corrected chi connectivity index (χ4v) is 6.88. The van der Waals surface area contributed by atoms with Crippen LogP contribution in [-0.4, -0.2) is 14.5 Å². The molecule has 190 valence electrons. The van der Waals surface area contributed by atoms with Crippen molar-refractivity contribution in [1.82, 2.24) is 14.5 Å². The Hall–Kier alpha value is -4.28. The molecule has 7 rings (SSSR count). The quantitative estimate of drug-likeness (QED) is 0.231. The van der Waals surface area contributed by atoms with E-state index in [1.165, 1.54) is 42.4 Å². The van der Waals surface area contributed by atoms with Crippen molar-refractivity contribution in [3.63, 3.8) is 0 Å². The topological polar surface area (TPSA) is 30.7 Å². The van der Waals surface area contributed by atoms with Crippen molar-refractivity contribution in [1.29, 1.82) is 0 Å². The minimum Gasteiger partial charge on any atom is -0.290 e. The molecule has 0 aliphatic carbocycles. The zero-order valence-corrected chi connectivity index (χ0v) is 23.4. The van der Waals surface area contributed by atoms with Crippen molar-refractivity contribution < 1.29 is 0 Å². The Kier molecular flexibility index (Phi) is 5.43. The van der Waals surface area contributed by atoms with Gasteiger partial charge >= 0.3 is 0 Å². The van der Waals surface area contributed by atoms with E-state index in [1.54, 1.807) is 0 Å². The van der Waals surface area contributed by atoms with Crippen LogP contribution in [0.4, 0.5) is 0 Å². The van der Waals surface area contributed by atoms with E-state index in [4.69, 9.17) is 4.98 Å². The van der Waals surface area contributed by atoms with Crippen LogP contribution in [0.5, 0.6) is 0 Å². The Morgan fingerprint density at radius 2 is 1.62 bits per heavy atom. The summed E-state index contributed by atoms with van der Waals surface area (Å²) in [7, 11) is 0. The molecule has 0 fully saturated rings. The third-order valence-electron chi connectivity index (χ3n) is 7.50. The molecule has 7 aromatic rings. The average molecular weight is 524 g/mol. The molecule has 0 radical (unpaired) electrons. The minimum absolute atomic E-state index is 0.0860. The molecule has 39 heavy (non-hydrogen) atoms. The van der Waals surface area contributed by atoms with Crippen LogP contribution in [0.15, 0.2) is 103 Å². The summed E-state index contributed by atoms with van der Waals surface area (Å²) in [4.78, 5) is 9.74. The van der Waals surface area contributed by atoms with E-state index in [2.05, 4.69) is 122 Å². The first-order valence-electron chi connectivity index (χ1n) is 13.3. The fraction of sp³-hybridized carbons (Fsp3) is 0.143. The number of pyridine rings is 1. The molecule has 0 bridgehead atoms. The van der Waals surface area contributed by atoms with Crippen molar-refractivity contribution in [2.45, 2.75) is 33.1 Å². The second-order valence-corrected chi connectivity index (χ2v) is 12.3.